The van der Waals surface area contributed by atoms with Crippen molar-refractivity contribution in [3.05, 3.63) is 29.6 Å². The van der Waals surface area contributed by atoms with Crippen LogP contribution in [0.3, 0.4) is 0 Å². The van der Waals surface area contributed by atoms with Gasteiger partial charge in [0.1, 0.15) is 5.82 Å². The van der Waals surface area contributed by atoms with E-state index in [0.717, 1.165) is 24.3 Å². The summed E-state index contributed by atoms with van der Waals surface area (Å²) in [6, 6.07) is 6.43. The predicted molar refractivity (Wildman–Crippen MR) is 78.3 cm³/mol. The summed E-state index contributed by atoms with van der Waals surface area (Å²) in [7, 11) is 0. The van der Waals surface area contributed by atoms with Crippen LogP contribution < -0.4 is 0 Å². The van der Waals surface area contributed by atoms with Crippen molar-refractivity contribution >= 4 is 22.6 Å². The van der Waals surface area contributed by atoms with E-state index in [1.807, 2.05) is 0 Å². The Balaban J connectivity index is 2.57. The molecule has 0 aliphatic carbocycles. The van der Waals surface area contributed by atoms with E-state index in [2.05, 4.69) is 50.5 Å². The Hall–Kier alpha value is -1.02. The molecule has 2 nitrogen and oxygen atoms in total. The molecule has 0 radical (unpaired) electrons. The number of hydrogen-bond donors (Lipinski definition) is 0. The Morgan fingerprint density at radius 3 is 2.61 bits per heavy atom. The van der Waals surface area contributed by atoms with Gasteiger partial charge in [0, 0.05) is 18.8 Å². The quantitative estimate of drug-likeness (QED) is 0.761. The van der Waals surface area contributed by atoms with Crippen LogP contribution in [-0.2, 0) is 13.0 Å². The fourth-order valence-corrected chi connectivity index (χ4v) is 2.38. The summed E-state index contributed by atoms with van der Waals surface area (Å²) >= 11 is 5.88. The highest BCUT2D eigenvalue weighted by Gasteiger charge is 2.17. The second-order valence-electron chi connectivity index (χ2n) is 6.11. The Morgan fingerprint density at radius 2 is 2.00 bits per heavy atom. The highest BCUT2D eigenvalue weighted by Crippen LogP contribution is 2.24. The summed E-state index contributed by atoms with van der Waals surface area (Å²) in [6.45, 7) is 9.84. The van der Waals surface area contributed by atoms with Crippen molar-refractivity contribution in [2.45, 2.75) is 40.7 Å². The van der Waals surface area contributed by atoms with Gasteiger partial charge in [-0.1, -0.05) is 26.8 Å². The van der Waals surface area contributed by atoms with Crippen LogP contribution in [0.15, 0.2) is 18.2 Å². The van der Waals surface area contributed by atoms with Gasteiger partial charge in [-0.25, -0.2) is 4.98 Å². The molecule has 0 saturated heterocycles. The van der Waals surface area contributed by atoms with Gasteiger partial charge < -0.3 is 4.57 Å². The lowest BCUT2D eigenvalue weighted by Gasteiger charge is -2.21. The zero-order valence-electron chi connectivity index (χ0n) is 11.6. The van der Waals surface area contributed by atoms with Crippen LogP contribution >= 0.6 is 11.6 Å². The molecule has 1 aromatic carbocycles. The van der Waals surface area contributed by atoms with E-state index in [4.69, 9.17) is 16.6 Å². The summed E-state index contributed by atoms with van der Waals surface area (Å²) < 4.78 is 2.32. The second kappa shape index (κ2) is 4.93. The third kappa shape index (κ3) is 2.86. The van der Waals surface area contributed by atoms with Gasteiger partial charge in [0.2, 0.25) is 0 Å². The standard InChI is InChI=1S/C15H21ClN2/c1-11-5-6-12-13(9-11)18(10-15(2,3)4)14(17-12)7-8-16/h5-6,9H,7-8,10H2,1-4H3. The molecule has 0 saturated carbocycles. The van der Waals surface area contributed by atoms with Gasteiger partial charge >= 0.3 is 0 Å². The van der Waals surface area contributed by atoms with Crippen LogP contribution in [-0.4, -0.2) is 15.4 Å². The SMILES string of the molecule is Cc1ccc2nc(CCCl)n(CC(C)(C)C)c2c1. The molecule has 98 valence electrons. The van der Waals surface area contributed by atoms with Crippen molar-refractivity contribution in [2.24, 2.45) is 5.41 Å². The Morgan fingerprint density at radius 1 is 1.28 bits per heavy atom. The maximum atomic E-state index is 5.88. The third-order valence-electron chi connectivity index (χ3n) is 2.93. The van der Waals surface area contributed by atoms with Gasteiger partial charge in [0.05, 0.1) is 11.0 Å². The zero-order chi connectivity index (χ0) is 13.3. The van der Waals surface area contributed by atoms with Crippen molar-refractivity contribution in [2.75, 3.05) is 5.88 Å². The summed E-state index contributed by atoms with van der Waals surface area (Å²) in [5.74, 6) is 1.72. The van der Waals surface area contributed by atoms with E-state index in [0.29, 0.717) is 5.88 Å². The van der Waals surface area contributed by atoms with Crippen molar-refractivity contribution in [1.82, 2.24) is 9.55 Å². The molecule has 1 heterocycles. The number of alkyl halides is 1. The monoisotopic (exact) mass is 264 g/mol. The van der Waals surface area contributed by atoms with Gasteiger partial charge in [0.15, 0.2) is 0 Å². The number of aryl methyl sites for hydroxylation is 2. The molecule has 1 aromatic heterocycles. The van der Waals surface area contributed by atoms with Crippen molar-refractivity contribution < 1.29 is 0 Å². The van der Waals surface area contributed by atoms with Crippen LogP contribution in [0.2, 0.25) is 0 Å². The molecule has 0 atom stereocenters. The Bertz CT molecular complexity index is 549. The molecular weight excluding hydrogens is 244 g/mol. The zero-order valence-corrected chi connectivity index (χ0v) is 12.4. The number of hydrogen-bond acceptors (Lipinski definition) is 1. The average molecular weight is 265 g/mol. The summed E-state index contributed by atoms with van der Waals surface area (Å²) in [6.07, 6.45) is 0.825. The van der Waals surface area contributed by atoms with Crippen molar-refractivity contribution in [3.63, 3.8) is 0 Å². The first-order valence-corrected chi connectivity index (χ1v) is 6.96. The minimum atomic E-state index is 0.235. The molecule has 0 spiro atoms. The smallest absolute Gasteiger partial charge is 0.111 e. The van der Waals surface area contributed by atoms with Gasteiger partial charge in [-0.05, 0) is 30.0 Å². The predicted octanol–water partition coefficient (Wildman–Crippen LogP) is 4.17. The van der Waals surface area contributed by atoms with Crippen LogP contribution in [0.1, 0.15) is 32.2 Å². The summed E-state index contributed by atoms with van der Waals surface area (Å²) in [5.41, 5.74) is 3.81. The molecule has 3 heteroatoms. The lowest BCUT2D eigenvalue weighted by atomic mass is 9.96. The molecule has 0 aliphatic rings. The molecule has 0 fully saturated rings. The number of aromatic nitrogens is 2. The van der Waals surface area contributed by atoms with E-state index in [1.165, 1.54) is 11.1 Å². The van der Waals surface area contributed by atoms with Crippen LogP contribution in [0.4, 0.5) is 0 Å². The van der Waals surface area contributed by atoms with Crippen molar-refractivity contribution in [3.8, 4) is 0 Å². The number of halogens is 1. The first-order chi connectivity index (χ1) is 8.40. The molecule has 0 unspecified atom stereocenters. The van der Waals surface area contributed by atoms with E-state index in [9.17, 15) is 0 Å². The lowest BCUT2D eigenvalue weighted by Crippen LogP contribution is -2.17. The third-order valence-corrected chi connectivity index (χ3v) is 3.12. The van der Waals surface area contributed by atoms with E-state index < -0.39 is 0 Å². The number of imidazole rings is 1. The van der Waals surface area contributed by atoms with Crippen LogP contribution in [0, 0.1) is 12.3 Å². The number of benzene rings is 1. The van der Waals surface area contributed by atoms with Crippen LogP contribution in [0.25, 0.3) is 11.0 Å². The molecule has 0 N–H and O–H groups in total. The molecule has 2 aromatic rings. The largest absolute Gasteiger partial charge is 0.327 e. The first kappa shape index (κ1) is 13.4. The lowest BCUT2D eigenvalue weighted by molar-refractivity contribution is 0.343. The van der Waals surface area contributed by atoms with Crippen LogP contribution in [0.5, 0.6) is 0 Å². The first-order valence-electron chi connectivity index (χ1n) is 6.42. The highest BCUT2D eigenvalue weighted by molar-refractivity contribution is 6.17. The molecular formula is C15H21ClN2. The summed E-state index contributed by atoms with van der Waals surface area (Å²) in [4.78, 5) is 4.71. The minimum Gasteiger partial charge on any atom is -0.327 e. The van der Waals surface area contributed by atoms with Gasteiger partial charge in [0.25, 0.3) is 0 Å². The highest BCUT2D eigenvalue weighted by atomic mass is 35.5. The Kier molecular flexibility index (Phi) is 3.67. The van der Waals surface area contributed by atoms with Crippen molar-refractivity contribution in [1.29, 1.82) is 0 Å². The minimum absolute atomic E-state index is 0.235. The van der Waals surface area contributed by atoms with E-state index >= 15 is 0 Å². The number of fused-ring (bicyclic) bond motifs is 1. The van der Waals surface area contributed by atoms with Gasteiger partial charge in [-0.15, -0.1) is 11.6 Å². The van der Waals surface area contributed by atoms with Gasteiger partial charge in [-0.2, -0.15) is 0 Å². The molecule has 18 heavy (non-hydrogen) atoms. The fourth-order valence-electron chi connectivity index (χ4n) is 2.21. The number of rotatable bonds is 3. The average Bonchev–Trinajstić information content (AvgIpc) is 2.56. The maximum Gasteiger partial charge on any atom is 0.111 e. The molecule has 0 aliphatic heterocycles. The fraction of sp³-hybridized carbons (Fsp3) is 0.533. The second-order valence-corrected chi connectivity index (χ2v) is 6.48. The molecule has 0 bridgehead atoms. The topological polar surface area (TPSA) is 17.8 Å². The number of nitrogens with zero attached hydrogens (tertiary/aromatic N) is 2. The molecule has 0 amide bonds. The van der Waals surface area contributed by atoms with E-state index in [-0.39, 0.29) is 5.41 Å². The molecule has 2 rings (SSSR count). The normalized spacial score (nSPS) is 12.3. The van der Waals surface area contributed by atoms with Gasteiger partial charge in [-0.3, -0.25) is 0 Å². The van der Waals surface area contributed by atoms with E-state index in [1.54, 1.807) is 0 Å². The Labute approximate surface area is 114 Å². The summed E-state index contributed by atoms with van der Waals surface area (Å²) in [5, 5.41) is 0. The maximum absolute atomic E-state index is 5.88.